The fourth-order valence-corrected chi connectivity index (χ4v) is 3.15. The van der Waals surface area contributed by atoms with E-state index >= 15 is 0 Å². The molecule has 8 heteroatoms. The monoisotopic (exact) mass is 445 g/mol. The Morgan fingerprint density at radius 2 is 1.79 bits per heavy atom. The number of aryl methyl sites for hydroxylation is 2. The first-order valence-electron chi connectivity index (χ1n) is 10.3. The molecule has 2 aromatic heterocycles. The summed E-state index contributed by atoms with van der Waals surface area (Å²) in [5.41, 5.74) is 3.19. The Bertz CT molecular complexity index is 1240. The Morgan fingerprint density at radius 1 is 1.03 bits per heavy atom. The van der Waals surface area contributed by atoms with Gasteiger partial charge in [-0.3, -0.25) is 4.79 Å². The zero-order valence-electron chi connectivity index (χ0n) is 18.3. The van der Waals surface area contributed by atoms with E-state index in [-0.39, 0.29) is 12.4 Å². The van der Waals surface area contributed by atoms with Crippen LogP contribution in [-0.2, 0) is 16.1 Å². The van der Waals surface area contributed by atoms with E-state index in [0.29, 0.717) is 17.1 Å². The summed E-state index contributed by atoms with van der Waals surface area (Å²) in [6.07, 6.45) is 1.38. The molecule has 168 valence electrons. The highest BCUT2D eigenvalue weighted by molar-refractivity contribution is 5.94. The second-order valence-electron chi connectivity index (χ2n) is 7.42. The Hall–Kier alpha value is -4.33. The van der Waals surface area contributed by atoms with Crippen molar-refractivity contribution in [3.63, 3.8) is 0 Å². The van der Waals surface area contributed by atoms with Gasteiger partial charge in [0.2, 0.25) is 5.76 Å². The zero-order valence-corrected chi connectivity index (χ0v) is 18.3. The normalized spacial score (nSPS) is 10.6. The van der Waals surface area contributed by atoms with Gasteiger partial charge < -0.3 is 19.2 Å². The summed E-state index contributed by atoms with van der Waals surface area (Å²) in [4.78, 5) is 24.9. The number of amides is 1. The van der Waals surface area contributed by atoms with Gasteiger partial charge in [0.1, 0.15) is 18.2 Å². The molecule has 0 aliphatic carbocycles. The third-order valence-corrected chi connectivity index (χ3v) is 4.78. The topological polar surface area (TPSA) is 95.6 Å². The summed E-state index contributed by atoms with van der Waals surface area (Å²) >= 11 is 0. The van der Waals surface area contributed by atoms with Crippen molar-refractivity contribution in [2.24, 2.45) is 0 Å². The highest BCUT2D eigenvalue weighted by Crippen LogP contribution is 2.19. The molecule has 1 amide bonds. The van der Waals surface area contributed by atoms with Gasteiger partial charge >= 0.3 is 5.97 Å². The summed E-state index contributed by atoms with van der Waals surface area (Å²) in [5, 5.41) is 7.16. The van der Waals surface area contributed by atoms with Crippen molar-refractivity contribution in [3.8, 4) is 11.4 Å². The van der Waals surface area contributed by atoms with E-state index in [2.05, 4.69) is 10.4 Å². The molecule has 0 aliphatic heterocycles. The molecule has 0 bridgehead atoms. The highest BCUT2D eigenvalue weighted by Gasteiger charge is 2.19. The van der Waals surface area contributed by atoms with E-state index in [1.54, 1.807) is 16.8 Å². The first-order valence-corrected chi connectivity index (χ1v) is 10.3. The Balaban J connectivity index is 1.35. The van der Waals surface area contributed by atoms with Crippen LogP contribution >= 0.6 is 0 Å². The molecule has 0 saturated carbocycles. The van der Waals surface area contributed by atoms with Gasteiger partial charge in [0.05, 0.1) is 17.6 Å². The van der Waals surface area contributed by atoms with Gasteiger partial charge in [-0.2, -0.15) is 5.10 Å². The molecule has 1 N–H and O–H groups in total. The number of furan rings is 1. The number of nitrogens with zero attached hydrogens (tertiary/aromatic N) is 2. The van der Waals surface area contributed by atoms with Crippen LogP contribution in [0.15, 0.2) is 77.4 Å². The average molecular weight is 445 g/mol. The minimum Gasteiger partial charge on any atom is -0.489 e. The van der Waals surface area contributed by atoms with Crippen molar-refractivity contribution in [2.75, 3.05) is 11.9 Å². The molecule has 0 spiro atoms. The first-order chi connectivity index (χ1) is 16.0. The minimum absolute atomic E-state index is 0.000673. The molecule has 0 aliphatic rings. The highest BCUT2D eigenvalue weighted by atomic mass is 16.5. The number of hydrogen-bond acceptors (Lipinski definition) is 6. The molecular weight excluding hydrogens is 422 g/mol. The first kappa shape index (κ1) is 21.9. The SMILES string of the molecule is Cc1ccc(-n2nc(C)cc2NC(=O)COC(=O)c2occc2COc2ccccc2)cc1. The molecule has 2 aromatic carbocycles. The number of benzene rings is 2. The molecule has 0 atom stereocenters. The molecule has 4 rings (SSSR count). The summed E-state index contributed by atoms with van der Waals surface area (Å²) in [5.74, 6) is -0.0974. The van der Waals surface area contributed by atoms with Gasteiger partial charge in [-0.1, -0.05) is 35.9 Å². The number of para-hydroxylation sites is 1. The smallest absolute Gasteiger partial charge is 0.375 e. The van der Waals surface area contributed by atoms with Crippen LogP contribution in [0, 0.1) is 13.8 Å². The molecule has 0 fully saturated rings. The van der Waals surface area contributed by atoms with Gasteiger partial charge in [-0.25, -0.2) is 9.48 Å². The van der Waals surface area contributed by atoms with Crippen LogP contribution in [0.25, 0.3) is 5.69 Å². The van der Waals surface area contributed by atoms with Gasteiger partial charge in [-0.05, 0) is 44.2 Å². The van der Waals surface area contributed by atoms with Crippen molar-refractivity contribution >= 4 is 17.7 Å². The molecule has 0 saturated heterocycles. The number of esters is 1. The maximum Gasteiger partial charge on any atom is 0.375 e. The van der Waals surface area contributed by atoms with Crippen LogP contribution in [0.1, 0.15) is 27.4 Å². The fraction of sp³-hybridized carbons (Fsp3) is 0.160. The maximum absolute atomic E-state index is 12.5. The largest absolute Gasteiger partial charge is 0.489 e. The van der Waals surface area contributed by atoms with E-state index in [9.17, 15) is 9.59 Å². The number of nitrogens with one attached hydrogen (secondary N) is 1. The Kier molecular flexibility index (Phi) is 6.54. The van der Waals surface area contributed by atoms with Crippen LogP contribution in [0.3, 0.4) is 0 Å². The fourth-order valence-electron chi connectivity index (χ4n) is 3.15. The Labute approximate surface area is 190 Å². The van der Waals surface area contributed by atoms with Crippen molar-refractivity contribution < 1.29 is 23.5 Å². The number of carbonyl (C=O) groups excluding carboxylic acids is 2. The molecular formula is C25H23N3O5. The lowest BCUT2D eigenvalue weighted by atomic mass is 10.2. The van der Waals surface area contributed by atoms with Crippen molar-refractivity contribution in [1.82, 2.24) is 9.78 Å². The summed E-state index contributed by atoms with van der Waals surface area (Å²) in [6.45, 7) is 3.48. The molecule has 8 nitrogen and oxygen atoms in total. The lowest BCUT2D eigenvalue weighted by Crippen LogP contribution is -2.22. The molecule has 33 heavy (non-hydrogen) atoms. The molecule has 2 heterocycles. The maximum atomic E-state index is 12.5. The van der Waals surface area contributed by atoms with Crippen LogP contribution in [0.2, 0.25) is 0 Å². The van der Waals surface area contributed by atoms with Gasteiger partial charge in [-0.15, -0.1) is 0 Å². The van der Waals surface area contributed by atoms with Crippen LogP contribution in [0.4, 0.5) is 5.82 Å². The quantitative estimate of drug-likeness (QED) is 0.403. The lowest BCUT2D eigenvalue weighted by Gasteiger charge is -2.10. The number of carbonyl (C=O) groups is 2. The predicted octanol–water partition coefficient (Wildman–Crippen LogP) is 4.46. The van der Waals surface area contributed by atoms with Crippen molar-refractivity contribution in [3.05, 3.63) is 95.6 Å². The predicted molar refractivity (Wildman–Crippen MR) is 121 cm³/mol. The molecule has 4 aromatic rings. The summed E-state index contributed by atoms with van der Waals surface area (Å²) in [6, 6.07) is 20.3. The van der Waals surface area contributed by atoms with Crippen molar-refractivity contribution in [2.45, 2.75) is 20.5 Å². The third kappa shape index (κ3) is 5.48. The van der Waals surface area contributed by atoms with E-state index < -0.39 is 18.5 Å². The zero-order chi connectivity index (χ0) is 23.2. The van der Waals surface area contributed by atoms with Gasteiger partial charge in [0, 0.05) is 11.6 Å². The summed E-state index contributed by atoms with van der Waals surface area (Å²) < 4.78 is 17.7. The van der Waals surface area contributed by atoms with E-state index in [0.717, 1.165) is 16.9 Å². The van der Waals surface area contributed by atoms with Crippen LogP contribution in [-0.4, -0.2) is 28.3 Å². The number of ether oxygens (including phenoxy) is 2. The second-order valence-corrected chi connectivity index (χ2v) is 7.42. The second kappa shape index (κ2) is 9.86. The van der Waals surface area contributed by atoms with Crippen molar-refractivity contribution in [1.29, 1.82) is 0 Å². The van der Waals surface area contributed by atoms with E-state index in [1.807, 2.05) is 68.4 Å². The van der Waals surface area contributed by atoms with E-state index in [1.165, 1.54) is 6.26 Å². The summed E-state index contributed by atoms with van der Waals surface area (Å²) in [7, 11) is 0. The molecule has 0 radical (unpaired) electrons. The third-order valence-electron chi connectivity index (χ3n) is 4.78. The van der Waals surface area contributed by atoms with Crippen LogP contribution < -0.4 is 10.1 Å². The number of aromatic nitrogens is 2. The number of hydrogen-bond donors (Lipinski definition) is 1. The molecule has 0 unspecified atom stereocenters. The van der Waals surface area contributed by atoms with Gasteiger partial charge in [0.15, 0.2) is 6.61 Å². The standard InChI is InChI=1S/C25H23N3O5/c1-17-8-10-20(11-9-17)28-22(14-18(2)27-28)26-23(29)16-33-25(30)24-19(12-13-31-24)15-32-21-6-4-3-5-7-21/h3-14H,15-16H2,1-2H3,(H,26,29). The van der Waals surface area contributed by atoms with Gasteiger partial charge in [0.25, 0.3) is 5.91 Å². The average Bonchev–Trinajstić information content (AvgIpc) is 3.43. The number of anilines is 1. The number of rotatable bonds is 8. The Morgan fingerprint density at radius 3 is 2.55 bits per heavy atom. The van der Waals surface area contributed by atoms with E-state index in [4.69, 9.17) is 13.9 Å². The minimum atomic E-state index is -0.745. The van der Waals surface area contributed by atoms with Crippen LogP contribution in [0.5, 0.6) is 5.75 Å². The lowest BCUT2D eigenvalue weighted by molar-refractivity contribution is -0.119.